The molecular formula is C23H29N3O4. The van der Waals surface area contributed by atoms with Gasteiger partial charge < -0.3 is 25.0 Å². The number of urea groups is 1. The minimum Gasteiger partial charge on any atom is -0.497 e. The van der Waals surface area contributed by atoms with E-state index in [1.807, 2.05) is 37.3 Å². The summed E-state index contributed by atoms with van der Waals surface area (Å²) in [6.07, 6.45) is 1.58. The van der Waals surface area contributed by atoms with Gasteiger partial charge in [-0.05, 0) is 30.9 Å². The second-order valence-corrected chi connectivity index (χ2v) is 7.50. The summed E-state index contributed by atoms with van der Waals surface area (Å²) >= 11 is 0. The maximum Gasteiger partial charge on any atom is 0.321 e. The fourth-order valence-electron chi connectivity index (χ4n) is 3.68. The highest BCUT2D eigenvalue weighted by atomic mass is 16.5. The van der Waals surface area contributed by atoms with E-state index in [-0.39, 0.29) is 23.8 Å². The predicted octanol–water partition coefficient (Wildman–Crippen LogP) is 4.22. The second kappa shape index (κ2) is 10.0. The molecule has 0 bridgehead atoms. The molecule has 3 rings (SSSR count). The number of benzene rings is 2. The first-order chi connectivity index (χ1) is 14.5. The van der Waals surface area contributed by atoms with Crippen LogP contribution in [0.25, 0.3) is 0 Å². The molecule has 0 aromatic heterocycles. The largest absolute Gasteiger partial charge is 0.497 e. The van der Waals surface area contributed by atoms with Gasteiger partial charge in [-0.3, -0.25) is 4.79 Å². The van der Waals surface area contributed by atoms with Gasteiger partial charge in [-0.25, -0.2) is 4.79 Å². The number of rotatable bonds is 6. The Morgan fingerprint density at radius 3 is 2.10 bits per heavy atom. The Kier molecular flexibility index (Phi) is 7.17. The number of anilines is 2. The van der Waals surface area contributed by atoms with Crippen molar-refractivity contribution in [2.75, 3.05) is 37.9 Å². The molecule has 2 aromatic rings. The highest BCUT2D eigenvalue weighted by molar-refractivity contribution is 5.93. The lowest BCUT2D eigenvalue weighted by atomic mass is 9.85. The first kappa shape index (κ1) is 21.5. The fraction of sp³-hybridized carbons (Fsp3) is 0.391. The topological polar surface area (TPSA) is 79.9 Å². The van der Waals surface area contributed by atoms with Gasteiger partial charge in [-0.1, -0.05) is 25.1 Å². The molecule has 160 valence electrons. The minimum absolute atomic E-state index is 0.0440. The number of para-hydroxylation sites is 1. The summed E-state index contributed by atoms with van der Waals surface area (Å²) in [6, 6.07) is 14.6. The lowest BCUT2D eigenvalue weighted by Crippen LogP contribution is -2.43. The van der Waals surface area contributed by atoms with E-state index in [1.54, 1.807) is 37.3 Å². The SMILES string of the molecule is COc1cc(NC(=O)C(C)C2CCN(C(=O)Nc3ccccc3)CC2)cc(OC)c1. The molecule has 0 radical (unpaired) electrons. The van der Waals surface area contributed by atoms with Crippen molar-refractivity contribution in [2.45, 2.75) is 19.8 Å². The third-order valence-electron chi connectivity index (χ3n) is 5.59. The van der Waals surface area contributed by atoms with Crippen LogP contribution in [-0.4, -0.2) is 44.1 Å². The van der Waals surface area contributed by atoms with Gasteiger partial charge in [-0.15, -0.1) is 0 Å². The predicted molar refractivity (Wildman–Crippen MR) is 117 cm³/mol. The van der Waals surface area contributed by atoms with E-state index in [9.17, 15) is 9.59 Å². The van der Waals surface area contributed by atoms with Crippen molar-refractivity contribution in [3.05, 3.63) is 48.5 Å². The average molecular weight is 412 g/mol. The van der Waals surface area contributed by atoms with E-state index in [0.717, 1.165) is 18.5 Å². The van der Waals surface area contributed by atoms with Crippen molar-refractivity contribution in [2.24, 2.45) is 11.8 Å². The van der Waals surface area contributed by atoms with Crippen LogP contribution in [0.5, 0.6) is 11.5 Å². The van der Waals surface area contributed by atoms with Crippen molar-refractivity contribution < 1.29 is 19.1 Å². The minimum atomic E-state index is -0.165. The van der Waals surface area contributed by atoms with Gasteiger partial charge in [0.05, 0.1) is 14.2 Å². The summed E-state index contributed by atoms with van der Waals surface area (Å²) in [4.78, 5) is 27.0. The van der Waals surface area contributed by atoms with Crippen molar-refractivity contribution in [1.82, 2.24) is 4.90 Å². The van der Waals surface area contributed by atoms with Crippen LogP contribution in [0.4, 0.5) is 16.2 Å². The Morgan fingerprint density at radius 2 is 1.53 bits per heavy atom. The normalized spacial score (nSPS) is 15.2. The highest BCUT2D eigenvalue weighted by Gasteiger charge is 2.30. The molecule has 3 amide bonds. The van der Waals surface area contributed by atoms with E-state index in [4.69, 9.17) is 9.47 Å². The zero-order valence-electron chi connectivity index (χ0n) is 17.7. The van der Waals surface area contributed by atoms with Crippen LogP contribution >= 0.6 is 0 Å². The smallest absolute Gasteiger partial charge is 0.321 e. The Labute approximate surface area is 177 Å². The number of hydrogen-bond acceptors (Lipinski definition) is 4. The number of carbonyl (C=O) groups is 2. The van der Waals surface area contributed by atoms with Crippen LogP contribution in [0, 0.1) is 11.8 Å². The van der Waals surface area contributed by atoms with E-state index in [2.05, 4.69) is 10.6 Å². The van der Waals surface area contributed by atoms with Crippen LogP contribution in [-0.2, 0) is 4.79 Å². The molecule has 1 aliphatic heterocycles. The lowest BCUT2D eigenvalue weighted by Gasteiger charge is -2.34. The number of nitrogens with one attached hydrogen (secondary N) is 2. The Morgan fingerprint density at radius 1 is 0.933 bits per heavy atom. The van der Waals surface area contributed by atoms with Crippen molar-refractivity contribution in [3.63, 3.8) is 0 Å². The van der Waals surface area contributed by atoms with Gasteiger partial charge in [0.15, 0.2) is 0 Å². The number of nitrogens with zero attached hydrogens (tertiary/aromatic N) is 1. The fourth-order valence-corrected chi connectivity index (χ4v) is 3.68. The number of amides is 3. The molecule has 1 aliphatic rings. The van der Waals surface area contributed by atoms with Crippen molar-refractivity contribution in [3.8, 4) is 11.5 Å². The molecule has 30 heavy (non-hydrogen) atoms. The molecule has 2 N–H and O–H groups in total. The van der Waals surface area contributed by atoms with Crippen LogP contribution in [0.1, 0.15) is 19.8 Å². The Hall–Kier alpha value is -3.22. The van der Waals surface area contributed by atoms with Gasteiger partial charge in [0, 0.05) is 48.6 Å². The third-order valence-corrected chi connectivity index (χ3v) is 5.59. The van der Waals surface area contributed by atoms with E-state index in [1.165, 1.54) is 0 Å². The van der Waals surface area contributed by atoms with E-state index in [0.29, 0.717) is 30.3 Å². The van der Waals surface area contributed by atoms with Gasteiger partial charge >= 0.3 is 6.03 Å². The molecule has 2 aromatic carbocycles. The summed E-state index contributed by atoms with van der Waals surface area (Å²) in [7, 11) is 3.15. The number of carbonyl (C=O) groups excluding carboxylic acids is 2. The second-order valence-electron chi connectivity index (χ2n) is 7.50. The van der Waals surface area contributed by atoms with Crippen molar-refractivity contribution >= 4 is 23.3 Å². The molecule has 0 spiro atoms. The van der Waals surface area contributed by atoms with E-state index >= 15 is 0 Å². The Balaban J connectivity index is 1.52. The highest BCUT2D eigenvalue weighted by Crippen LogP contribution is 2.29. The zero-order chi connectivity index (χ0) is 21.5. The molecule has 0 aliphatic carbocycles. The molecule has 7 nitrogen and oxygen atoms in total. The summed E-state index contributed by atoms with van der Waals surface area (Å²) in [6.45, 7) is 3.21. The quantitative estimate of drug-likeness (QED) is 0.746. The number of ether oxygens (including phenoxy) is 2. The van der Waals surface area contributed by atoms with Crippen LogP contribution in [0.15, 0.2) is 48.5 Å². The molecule has 0 saturated carbocycles. The number of likely N-dealkylation sites (tertiary alicyclic amines) is 1. The first-order valence-electron chi connectivity index (χ1n) is 10.1. The van der Waals surface area contributed by atoms with Gasteiger partial charge in [0.1, 0.15) is 11.5 Å². The molecule has 1 heterocycles. The lowest BCUT2D eigenvalue weighted by molar-refractivity contribution is -0.121. The Bertz CT molecular complexity index is 842. The number of methoxy groups -OCH3 is 2. The van der Waals surface area contributed by atoms with Gasteiger partial charge in [0.2, 0.25) is 5.91 Å². The maximum atomic E-state index is 12.8. The number of piperidine rings is 1. The summed E-state index contributed by atoms with van der Waals surface area (Å²) in [5, 5.41) is 5.88. The molecule has 1 unspecified atom stereocenters. The average Bonchev–Trinajstić information content (AvgIpc) is 2.79. The zero-order valence-corrected chi connectivity index (χ0v) is 17.7. The van der Waals surface area contributed by atoms with Crippen LogP contribution in [0.2, 0.25) is 0 Å². The number of hydrogen-bond donors (Lipinski definition) is 2. The maximum absolute atomic E-state index is 12.8. The van der Waals surface area contributed by atoms with E-state index < -0.39 is 0 Å². The van der Waals surface area contributed by atoms with Gasteiger partial charge in [-0.2, -0.15) is 0 Å². The molecular weight excluding hydrogens is 382 g/mol. The van der Waals surface area contributed by atoms with Crippen molar-refractivity contribution in [1.29, 1.82) is 0 Å². The molecule has 1 fully saturated rings. The van der Waals surface area contributed by atoms with Crippen LogP contribution < -0.4 is 20.1 Å². The summed E-state index contributed by atoms with van der Waals surface area (Å²) in [5.41, 5.74) is 1.42. The van der Waals surface area contributed by atoms with Gasteiger partial charge in [0.25, 0.3) is 0 Å². The first-order valence-corrected chi connectivity index (χ1v) is 10.1. The molecule has 7 heteroatoms. The van der Waals surface area contributed by atoms with Crippen LogP contribution in [0.3, 0.4) is 0 Å². The molecule has 1 saturated heterocycles. The molecule has 1 atom stereocenters. The summed E-state index contributed by atoms with van der Waals surface area (Å²) in [5.74, 6) is 1.25. The monoisotopic (exact) mass is 411 g/mol. The summed E-state index contributed by atoms with van der Waals surface area (Å²) < 4.78 is 10.5. The standard InChI is InChI=1S/C23H29N3O4/c1-16(22(27)24-19-13-20(29-2)15-21(14-19)30-3)17-9-11-26(12-10-17)23(28)25-18-7-5-4-6-8-18/h4-8,13-17H,9-12H2,1-3H3,(H,24,27)(H,25,28). The third kappa shape index (κ3) is 5.43.